The van der Waals surface area contributed by atoms with E-state index in [9.17, 15) is 15.0 Å². The molecule has 0 fully saturated rings. The highest BCUT2D eigenvalue weighted by Gasteiger charge is 2.40. The van der Waals surface area contributed by atoms with E-state index >= 15 is 0 Å². The zero-order valence-corrected chi connectivity index (χ0v) is 11.3. The molecule has 0 radical (unpaired) electrons. The number of carboxylic acid groups (broad SMARTS) is 1. The van der Waals surface area contributed by atoms with Crippen LogP contribution in [0, 0.1) is 23.7 Å². The Kier molecular flexibility index (Phi) is 3.62. The average molecular weight is 250 g/mol. The van der Waals surface area contributed by atoms with Gasteiger partial charge in [0.05, 0.1) is 12.0 Å². The molecular weight excluding hydrogens is 228 g/mol. The van der Waals surface area contributed by atoms with E-state index in [4.69, 9.17) is 0 Å². The van der Waals surface area contributed by atoms with E-state index < -0.39 is 5.97 Å². The molecule has 2 aliphatic rings. The molecule has 0 aromatic carbocycles. The van der Waals surface area contributed by atoms with Crippen molar-refractivity contribution in [3.8, 4) is 0 Å². The normalized spacial score (nSPS) is 37.3. The third-order valence-corrected chi connectivity index (χ3v) is 4.75. The summed E-state index contributed by atoms with van der Waals surface area (Å²) >= 11 is 0. The van der Waals surface area contributed by atoms with Gasteiger partial charge in [0.25, 0.3) is 0 Å². The summed E-state index contributed by atoms with van der Waals surface area (Å²) in [6.07, 6.45) is 5.47. The van der Waals surface area contributed by atoms with Crippen LogP contribution in [-0.4, -0.2) is 22.3 Å². The van der Waals surface area contributed by atoms with Gasteiger partial charge in [-0.15, -0.1) is 0 Å². The number of aliphatic carboxylic acids is 1. The van der Waals surface area contributed by atoms with Gasteiger partial charge in [-0.2, -0.15) is 0 Å². The topological polar surface area (TPSA) is 57.5 Å². The summed E-state index contributed by atoms with van der Waals surface area (Å²) in [6.45, 7) is 5.84. The molecule has 0 aliphatic heterocycles. The van der Waals surface area contributed by atoms with E-state index in [1.807, 2.05) is 6.92 Å². The van der Waals surface area contributed by atoms with Crippen molar-refractivity contribution in [2.75, 3.05) is 0 Å². The number of aliphatic hydroxyl groups excluding tert-OH is 1. The van der Waals surface area contributed by atoms with Crippen LogP contribution in [0.4, 0.5) is 0 Å². The SMILES string of the molecule is CC1=C[C@@H]2[C@@H]([C@@H](C)C(=O)O)CC=C(C)[C@@H]2C[C@H]1O. The molecule has 2 rings (SSSR count). The van der Waals surface area contributed by atoms with Gasteiger partial charge in [-0.3, -0.25) is 4.79 Å². The molecule has 2 N–H and O–H groups in total. The first-order valence-electron chi connectivity index (χ1n) is 6.67. The highest BCUT2D eigenvalue weighted by molar-refractivity contribution is 5.70. The molecule has 0 saturated carbocycles. The van der Waals surface area contributed by atoms with E-state index in [0.717, 1.165) is 18.4 Å². The van der Waals surface area contributed by atoms with Gasteiger partial charge in [0.1, 0.15) is 0 Å². The lowest BCUT2D eigenvalue weighted by Gasteiger charge is -2.42. The van der Waals surface area contributed by atoms with Crippen LogP contribution in [-0.2, 0) is 4.79 Å². The molecule has 3 nitrogen and oxygen atoms in total. The second-order valence-corrected chi connectivity index (χ2v) is 5.82. The Balaban J connectivity index is 2.32. The second kappa shape index (κ2) is 4.88. The van der Waals surface area contributed by atoms with Gasteiger partial charge in [0.2, 0.25) is 0 Å². The van der Waals surface area contributed by atoms with Crippen molar-refractivity contribution in [1.29, 1.82) is 0 Å². The number of aliphatic hydroxyl groups is 1. The number of hydrogen-bond donors (Lipinski definition) is 2. The van der Waals surface area contributed by atoms with Gasteiger partial charge in [-0.05, 0) is 50.0 Å². The Hall–Kier alpha value is -1.09. The number of rotatable bonds is 2. The fourth-order valence-electron chi connectivity index (χ4n) is 3.38. The van der Waals surface area contributed by atoms with E-state index in [1.165, 1.54) is 5.57 Å². The summed E-state index contributed by atoms with van der Waals surface area (Å²) in [5, 5.41) is 19.2. The molecule has 0 aromatic rings. The fraction of sp³-hybridized carbons (Fsp3) is 0.667. The summed E-state index contributed by atoms with van der Waals surface area (Å²) in [4.78, 5) is 11.2. The molecule has 100 valence electrons. The zero-order chi connectivity index (χ0) is 13.4. The first-order chi connectivity index (χ1) is 8.41. The Morgan fingerprint density at radius 2 is 2.06 bits per heavy atom. The minimum absolute atomic E-state index is 0.152. The predicted octanol–water partition coefficient (Wildman–Crippen LogP) is 2.62. The number of fused-ring (bicyclic) bond motifs is 1. The zero-order valence-electron chi connectivity index (χ0n) is 11.3. The van der Waals surface area contributed by atoms with Gasteiger partial charge in [-0.25, -0.2) is 0 Å². The molecule has 0 saturated heterocycles. The summed E-state index contributed by atoms with van der Waals surface area (Å²) in [7, 11) is 0. The van der Waals surface area contributed by atoms with Crippen molar-refractivity contribution >= 4 is 5.97 Å². The highest BCUT2D eigenvalue weighted by Crippen LogP contribution is 2.45. The molecule has 0 heterocycles. The maximum Gasteiger partial charge on any atom is 0.306 e. The van der Waals surface area contributed by atoms with Crippen LogP contribution in [0.25, 0.3) is 0 Å². The number of carbonyl (C=O) groups is 1. The second-order valence-electron chi connectivity index (χ2n) is 5.82. The molecule has 0 amide bonds. The Bertz CT molecular complexity index is 408. The Labute approximate surface area is 108 Å². The monoisotopic (exact) mass is 250 g/mol. The van der Waals surface area contributed by atoms with Crippen molar-refractivity contribution in [3.63, 3.8) is 0 Å². The van der Waals surface area contributed by atoms with Crippen LogP contribution < -0.4 is 0 Å². The lowest BCUT2D eigenvalue weighted by atomic mass is 9.63. The van der Waals surface area contributed by atoms with Gasteiger partial charge in [0.15, 0.2) is 0 Å². The molecule has 2 aliphatic carbocycles. The maximum absolute atomic E-state index is 11.2. The molecule has 0 spiro atoms. The number of allylic oxidation sites excluding steroid dienone is 3. The lowest BCUT2D eigenvalue weighted by Crippen LogP contribution is -2.38. The Morgan fingerprint density at radius 1 is 1.39 bits per heavy atom. The van der Waals surface area contributed by atoms with E-state index in [1.54, 1.807) is 6.92 Å². The van der Waals surface area contributed by atoms with Crippen molar-refractivity contribution in [2.24, 2.45) is 23.7 Å². The number of carboxylic acids is 1. The van der Waals surface area contributed by atoms with Gasteiger partial charge < -0.3 is 10.2 Å². The molecule has 0 aromatic heterocycles. The summed E-state index contributed by atoms with van der Waals surface area (Å²) in [6, 6.07) is 0. The predicted molar refractivity (Wildman–Crippen MR) is 70.0 cm³/mol. The first-order valence-corrected chi connectivity index (χ1v) is 6.67. The summed E-state index contributed by atoms with van der Waals surface area (Å²) in [5.74, 6) is -0.322. The molecule has 3 heteroatoms. The standard InChI is InChI=1S/C15H22O3/c1-8-4-5-11(10(3)15(17)18)13-6-9(2)14(16)7-12(8)13/h4,6,10-14,16H,5,7H2,1-3H3,(H,17,18)/t10-,11-,12+,13-,14-/m1/s1. The van der Waals surface area contributed by atoms with E-state index in [2.05, 4.69) is 19.1 Å². The van der Waals surface area contributed by atoms with Crippen LogP contribution in [0.1, 0.15) is 33.6 Å². The first kappa shape index (κ1) is 13.3. The molecular formula is C15H22O3. The smallest absolute Gasteiger partial charge is 0.306 e. The molecule has 0 bridgehead atoms. The van der Waals surface area contributed by atoms with Crippen molar-refractivity contribution in [3.05, 3.63) is 23.3 Å². The van der Waals surface area contributed by atoms with Crippen molar-refractivity contribution in [1.82, 2.24) is 0 Å². The minimum atomic E-state index is -0.719. The maximum atomic E-state index is 11.2. The summed E-state index contributed by atoms with van der Waals surface area (Å²) < 4.78 is 0. The van der Waals surface area contributed by atoms with Crippen LogP contribution in [0.3, 0.4) is 0 Å². The van der Waals surface area contributed by atoms with Crippen molar-refractivity contribution < 1.29 is 15.0 Å². The quantitative estimate of drug-likeness (QED) is 0.741. The van der Waals surface area contributed by atoms with Crippen LogP contribution >= 0.6 is 0 Å². The minimum Gasteiger partial charge on any atom is -0.481 e. The average Bonchev–Trinajstić information content (AvgIpc) is 2.31. The molecule has 0 unspecified atom stereocenters. The summed E-state index contributed by atoms with van der Waals surface area (Å²) in [5.41, 5.74) is 2.30. The van der Waals surface area contributed by atoms with E-state index in [0.29, 0.717) is 5.92 Å². The fourth-order valence-corrected chi connectivity index (χ4v) is 3.38. The van der Waals surface area contributed by atoms with Gasteiger partial charge in [0, 0.05) is 0 Å². The molecule has 18 heavy (non-hydrogen) atoms. The van der Waals surface area contributed by atoms with Crippen LogP contribution in [0.5, 0.6) is 0 Å². The van der Waals surface area contributed by atoms with Crippen molar-refractivity contribution in [2.45, 2.75) is 39.7 Å². The van der Waals surface area contributed by atoms with Crippen LogP contribution in [0.2, 0.25) is 0 Å². The van der Waals surface area contributed by atoms with Gasteiger partial charge in [-0.1, -0.05) is 24.6 Å². The Morgan fingerprint density at radius 3 is 2.67 bits per heavy atom. The van der Waals surface area contributed by atoms with Gasteiger partial charge >= 0.3 is 5.97 Å². The van der Waals surface area contributed by atoms with E-state index in [-0.39, 0.29) is 23.9 Å². The molecule has 5 atom stereocenters. The largest absolute Gasteiger partial charge is 0.481 e. The van der Waals surface area contributed by atoms with Crippen LogP contribution in [0.15, 0.2) is 23.3 Å². The lowest BCUT2D eigenvalue weighted by molar-refractivity contribution is -0.143. The number of hydrogen-bond acceptors (Lipinski definition) is 2. The third-order valence-electron chi connectivity index (χ3n) is 4.75. The third kappa shape index (κ3) is 2.24. The highest BCUT2D eigenvalue weighted by atomic mass is 16.4.